The van der Waals surface area contributed by atoms with Crippen molar-refractivity contribution in [1.29, 1.82) is 0 Å². The van der Waals surface area contributed by atoms with Gasteiger partial charge in [0.05, 0.1) is 19.8 Å². The van der Waals surface area contributed by atoms with Crippen LogP contribution in [0.25, 0.3) is 5.65 Å². The summed E-state index contributed by atoms with van der Waals surface area (Å²) < 4.78 is 12.0. The minimum absolute atomic E-state index is 0.607. The standard InChI is InChI=1S/C12H18N4O2/c1-10-3-5-16-11(9-10)14-12(15-16)13-4-6-18-8-7-17-2/h3,5,9H,4,6-8H2,1-2H3,(H,13,15). The van der Waals surface area contributed by atoms with E-state index < -0.39 is 0 Å². The van der Waals surface area contributed by atoms with E-state index in [4.69, 9.17) is 9.47 Å². The molecule has 0 aromatic carbocycles. The molecule has 2 aromatic rings. The number of aromatic nitrogens is 3. The Balaban J connectivity index is 1.81. The Bertz CT molecular complexity index is 498. The molecule has 0 radical (unpaired) electrons. The lowest BCUT2D eigenvalue weighted by molar-refractivity contribution is 0.0759. The third-order valence-corrected chi connectivity index (χ3v) is 2.45. The zero-order valence-corrected chi connectivity index (χ0v) is 10.7. The fraction of sp³-hybridized carbons (Fsp3) is 0.500. The van der Waals surface area contributed by atoms with Gasteiger partial charge in [-0.1, -0.05) is 0 Å². The molecule has 0 amide bonds. The van der Waals surface area contributed by atoms with E-state index in [1.165, 1.54) is 5.56 Å². The number of hydrogen-bond acceptors (Lipinski definition) is 5. The van der Waals surface area contributed by atoms with Gasteiger partial charge in [-0.2, -0.15) is 4.98 Å². The quantitative estimate of drug-likeness (QED) is 0.746. The first-order valence-electron chi connectivity index (χ1n) is 5.93. The zero-order valence-electron chi connectivity index (χ0n) is 10.7. The Labute approximate surface area is 106 Å². The molecule has 2 heterocycles. The van der Waals surface area contributed by atoms with Gasteiger partial charge in [0.15, 0.2) is 5.65 Å². The molecule has 0 bridgehead atoms. The molecule has 0 fully saturated rings. The first-order valence-corrected chi connectivity index (χ1v) is 5.93. The van der Waals surface area contributed by atoms with E-state index in [0.717, 1.165) is 5.65 Å². The van der Waals surface area contributed by atoms with E-state index in [1.807, 2.05) is 25.3 Å². The van der Waals surface area contributed by atoms with Gasteiger partial charge in [-0.3, -0.25) is 0 Å². The summed E-state index contributed by atoms with van der Waals surface area (Å²) in [6.45, 7) is 4.55. The van der Waals surface area contributed by atoms with Gasteiger partial charge in [0.1, 0.15) is 0 Å². The van der Waals surface area contributed by atoms with Gasteiger partial charge >= 0.3 is 0 Å². The highest BCUT2D eigenvalue weighted by Crippen LogP contribution is 2.06. The predicted octanol–water partition coefficient (Wildman–Crippen LogP) is 1.11. The highest BCUT2D eigenvalue weighted by atomic mass is 16.5. The lowest BCUT2D eigenvalue weighted by atomic mass is 10.3. The van der Waals surface area contributed by atoms with Gasteiger partial charge in [-0.15, -0.1) is 5.10 Å². The molecule has 2 rings (SSSR count). The van der Waals surface area contributed by atoms with Gasteiger partial charge in [0.25, 0.3) is 0 Å². The van der Waals surface area contributed by atoms with E-state index in [1.54, 1.807) is 11.6 Å². The summed E-state index contributed by atoms with van der Waals surface area (Å²) in [5, 5.41) is 7.42. The van der Waals surface area contributed by atoms with Crippen molar-refractivity contribution >= 4 is 11.6 Å². The van der Waals surface area contributed by atoms with Crippen LogP contribution in [0.2, 0.25) is 0 Å². The molecule has 18 heavy (non-hydrogen) atoms. The van der Waals surface area contributed by atoms with Crippen LogP contribution in [-0.2, 0) is 9.47 Å². The molecule has 1 N–H and O–H groups in total. The lowest BCUT2D eigenvalue weighted by Crippen LogP contribution is -2.12. The van der Waals surface area contributed by atoms with Crippen LogP contribution in [0.5, 0.6) is 0 Å². The summed E-state index contributed by atoms with van der Waals surface area (Å²) in [5.41, 5.74) is 2.02. The van der Waals surface area contributed by atoms with Gasteiger partial charge in [0, 0.05) is 19.9 Å². The van der Waals surface area contributed by atoms with Gasteiger partial charge < -0.3 is 14.8 Å². The molecule has 0 saturated carbocycles. The maximum atomic E-state index is 5.34. The van der Waals surface area contributed by atoms with Crippen molar-refractivity contribution in [3.05, 3.63) is 23.9 Å². The molecule has 6 heteroatoms. The highest BCUT2D eigenvalue weighted by molar-refractivity contribution is 5.45. The van der Waals surface area contributed by atoms with Crippen molar-refractivity contribution in [2.45, 2.75) is 6.92 Å². The van der Waals surface area contributed by atoms with E-state index in [2.05, 4.69) is 15.4 Å². The lowest BCUT2D eigenvalue weighted by Gasteiger charge is -2.03. The maximum Gasteiger partial charge on any atom is 0.243 e. The Hall–Kier alpha value is -1.66. The molecule has 6 nitrogen and oxygen atoms in total. The minimum atomic E-state index is 0.607. The second-order valence-corrected chi connectivity index (χ2v) is 3.97. The second kappa shape index (κ2) is 6.32. The van der Waals surface area contributed by atoms with Crippen LogP contribution in [0.3, 0.4) is 0 Å². The Morgan fingerprint density at radius 1 is 1.33 bits per heavy atom. The van der Waals surface area contributed by atoms with Crippen molar-refractivity contribution in [3.8, 4) is 0 Å². The van der Waals surface area contributed by atoms with Crippen molar-refractivity contribution < 1.29 is 9.47 Å². The molecule has 0 spiro atoms. The largest absolute Gasteiger partial charge is 0.382 e. The number of rotatable bonds is 7. The van der Waals surface area contributed by atoms with Crippen LogP contribution >= 0.6 is 0 Å². The molecule has 98 valence electrons. The molecule has 0 unspecified atom stereocenters. The van der Waals surface area contributed by atoms with Crippen LogP contribution in [0.1, 0.15) is 5.56 Å². The van der Waals surface area contributed by atoms with Gasteiger partial charge in [-0.25, -0.2) is 4.52 Å². The molecule has 2 aromatic heterocycles. The molecule has 0 atom stereocenters. The third kappa shape index (κ3) is 3.41. The number of nitrogens with one attached hydrogen (secondary N) is 1. The Morgan fingerprint density at radius 3 is 3.06 bits per heavy atom. The average molecular weight is 250 g/mol. The van der Waals surface area contributed by atoms with Crippen molar-refractivity contribution in [2.75, 3.05) is 38.8 Å². The molecule has 0 aliphatic rings. The topological polar surface area (TPSA) is 60.7 Å². The summed E-state index contributed by atoms with van der Waals surface area (Å²) in [7, 11) is 1.66. The van der Waals surface area contributed by atoms with Crippen LogP contribution in [0, 0.1) is 6.92 Å². The zero-order chi connectivity index (χ0) is 12.8. The van der Waals surface area contributed by atoms with Crippen molar-refractivity contribution in [3.63, 3.8) is 0 Å². The Morgan fingerprint density at radius 2 is 2.22 bits per heavy atom. The fourth-order valence-corrected chi connectivity index (χ4v) is 1.54. The minimum Gasteiger partial charge on any atom is -0.382 e. The number of anilines is 1. The number of fused-ring (bicyclic) bond motifs is 1. The fourth-order valence-electron chi connectivity index (χ4n) is 1.54. The molecular formula is C12H18N4O2. The SMILES string of the molecule is COCCOCCNc1nc2cc(C)ccn2n1. The first-order chi connectivity index (χ1) is 8.79. The van der Waals surface area contributed by atoms with Crippen molar-refractivity contribution in [1.82, 2.24) is 14.6 Å². The predicted molar refractivity (Wildman–Crippen MR) is 68.9 cm³/mol. The third-order valence-electron chi connectivity index (χ3n) is 2.45. The molecule has 0 aliphatic heterocycles. The second-order valence-electron chi connectivity index (χ2n) is 3.97. The van der Waals surface area contributed by atoms with Crippen molar-refractivity contribution in [2.24, 2.45) is 0 Å². The number of aryl methyl sites for hydroxylation is 1. The summed E-state index contributed by atoms with van der Waals surface area (Å²) in [6, 6.07) is 3.99. The van der Waals surface area contributed by atoms with Gasteiger partial charge in [-0.05, 0) is 24.6 Å². The number of methoxy groups -OCH3 is 1. The monoisotopic (exact) mass is 250 g/mol. The van der Waals surface area contributed by atoms with E-state index in [9.17, 15) is 0 Å². The number of nitrogens with zero attached hydrogens (tertiary/aromatic N) is 3. The summed E-state index contributed by atoms with van der Waals surface area (Å²) in [4.78, 5) is 4.37. The summed E-state index contributed by atoms with van der Waals surface area (Å²) in [5.74, 6) is 0.621. The van der Waals surface area contributed by atoms with Crippen LogP contribution in [-0.4, -0.2) is 48.1 Å². The molecule has 0 saturated heterocycles. The van der Waals surface area contributed by atoms with E-state index in [-0.39, 0.29) is 0 Å². The van der Waals surface area contributed by atoms with Crippen LogP contribution < -0.4 is 5.32 Å². The smallest absolute Gasteiger partial charge is 0.243 e. The average Bonchev–Trinajstić information content (AvgIpc) is 2.75. The van der Waals surface area contributed by atoms with Crippen LogP contribution in [0.4, 0.5) is 5.95 Å². The summed E-state index contributed by atoms with van der Waals surface area (Å²) >= 11 is 0. The number of pyridine rings is 1. The molecule has 0 aliphatic carbocycles. The number of hydrogen-bond donors (Lipinski definition) is 1. The summed E-state index contributed by atoms with van der Waals surface area (Å²) in [6.07, 6.45) is 1.90. The first kappa shape index (κ1) is 12.8. The Kier molecular flexibility index (Phi) is 4.49. The van der Waals surface area contributed by atoms with E-state index >= 15 is 0 Å². The number of ether oxygens (including phenoxy) is 2. The highest BCUT2D eigenvalue weighted by Gasteiger charge is 2.02. The normalized spacial score (nSPS) is 11.0. The van der Waals surface area contributed by atoms with Gasteiger partial charge in [0.2, 0.25) is 5.95 Å². The maximum absolute atomic E-state index is 5.34. The molecular weight excluding hydrogens is 232 g/mol. The van der Waals surface area contributed by atoms with E-state index in [0.29, 0.717) is 32.3 Å². The van der Waals surface area contributed by atoms with Crippen LogP contribution in [0.15, 0.2) is 18.3 Å².